The lowest BCUT2D eigenvalue weighted by Crippen LogP contribution is -2.29. The summed E-state index contributed by atoms with van der Waals surface area (Å²) in [4.78, 5) is 32.6. The predicted octanol–water partition coefficient (Wildman–Crippen LogP) is 2.43. The van der Waals surface area contributed by atoms with Gasteiger partial charge in [0.25, 0.3) is 11.5 Å². The van der Waals surface area contributed by atoms with Crippen molar-refractivity contribution in [1.29, 1.82) is 0 Å². The van der Waals surface area contributed by atoms with Crippen LogP contribution in [0.4, 0.5) is 5.82 Å². The number of pyridine rings is 1. The van der Waals surface area contributed by atoms with Gasteiger partial charge in [-0.15, -0.1) is 0 Å². The van der Waals surface area contributed by atoms with E-state index in [1.54, 1.807) is 23.2 Å². The van der Waals surface area contributed by atoms with E-state index in [1.807, 2.05) is 19.9 Å². The summed E-state index contributed by atoms with van der Waals surface area (Å²) in [6, 6.07) is 3.65. The third-order valence-corrected chi connectivity index (χ3v) is 6.03. The Morgan fingerprint density at radius 1 is 1.32 bits per heavy atom. The molecular weight excluding hydrogens is 436 g/mol. The highest BCUT2D eigenvalue weighted by Crippen LogP contribution is 2.33. The highest BCUT2D eigenvalue weighted by atomic mass is 32.2. The molecule has 0 unspecified atom stereocenters. The summed E-state index contributed by atoms with van der Waals surface area (Å²) in [5.41, 5.74) is 1.43. The summed E-state index contributed by atoms with van der Waals surface area (Å²) in [5.74, 6) is 0.158. The molecule has 1 aliphatic rings. The molecule has 1 saturated heterocycles. The normalized spacial score (nSPS) is 15.5. The van der Waals surface area contributed by atoms with Crippen molar-refractivity contribution < 1.29 is 14.6 Å². The molecule has 10 heteroatoms. The Kier molecular flexibility index (Phi) is 8.19. The molecule has 2 aromatic rings. The molecule has 0 bridgehead atoms. The molecule has 8 nitrogen and oxygen atoms in total. The van der Waals surface area contributed by atoms with E-state index in [-0.39, 0.29) is 23.6 Å². The second-order valence-corrected chi connectivity index (χ2v) is 8.68. The zero-order valence-electron chi connectivity index (χ0n) is 17.6. The van der Waals surface area contributed by atoms with Crippen molar-refractivity contribution in [2.24, 2.45) is 0 Å². The number of aliphatic hydroxyl groups excluding tert-OH is 1. The van der Waals surface area contributed by atoms with Crippen molar-refractivity contribution in [3.63, 3.8) is 0 Å². The monoisotopic (exact) mass is 462 g/mol. The third-order valence-electron chi connectivity index (χ3n) is 4.66. The Morgan fingerprint density at radius 2 is 2.13 bits per heavy atom. The van der Waals surface area contributed by atoms with Crippen molar-refractivity contribution in [2.75, 3.05) is 38.2 Å². The van der Waals surface area contributed by atoms with Crippen molar-refractivity contribution >= 4 is 51.7 Å². The van der Waals surface area contributed by atoms with Gasteiger partial charge in [-0.05, 0) is 44.4 Å². The van der Waals surface area contributed by atoms with Crippen LogP contribution in [-0.4, -0.2) is 62.5 Å². The Morgan fingerprint density at radius 3 is 2.87 bits per heavy atom. The Labute approximate surface area is 190 Å². The third kappa shape index (κ3) is 5.51. The molecule has 2 N–H and O–H groups in total. The minimum Gasteiger partial charge on any atom is -0.396 e. The first-order valence-electron chi connectivity index (χ1n) is 10.2. The first-order chi connectivity index (χ1) is 15.0. The van der Waals surface area contributed by atoms with Crippen molar-refractivity contribution in [3.8, 4) is 0 Å². The maximum atomic E-state index is 13.2. The molecular formula is C21H26N4O4S2. The first-order valence-corrected chi connectivity index (χ1v) is 11.4. The molecule has 3 rings (SSSR count). The number of thioether (sulfide) groups is 1. The van der Waals surface area contributed by atoms with Gasteiger partial charge in [-0.3, -0.25) is 18.9 Å². The number of fused-ring (bicyclic) bond motifs is 1. The molecule has 0 aromatic carbocycles. The Balaban J connectivity index is 1.96. The number of anilines is 1. The number of aryl methyl sites for hydroxylation is 1. The Bertz CT molecular complexity index is 1070. The van der Waals surface area contributed by atoms with Crippen LogP contribution in [0.25, 0.3) is 11.7 Å². The van der Waals surface area contributed by atoms with Crippen LogP contribution in [0, 0.1) is 6.92 Å². The van der Waals surface area contributed by atoms with E-state index in [0.717, 1.165) is 5.56 Å². The van der Waals surface area contributed by atoms with Crippen molar-refractivity contribution in [1.82, 2.24) is 14.3 Å². The summed E-state index contributed by atoms with van der Waals surface area (Å²) < 4.78 is 7.27. The van der Waals surface area contributed by atoms with Gasteiger partial charge in [-0.25, -0.2) is 4.98 Å². The molecule has 0 aliphatic carbocycles. The lowest BCUT2D eigenvalue weighted by atomic mass is 10.2. The smallest absolute Gasteiger partial charge is 0.267 e. The average molecular weight is 463 g/mol. The molecule has 1 fully saturated rings. The van der Waals surface area contributed by atoms with Crippen molar-refractivity contribution in [3.05, 3.63) is 44.7 Å². The number of aliphatic hydroxyl groups is 1. The molecule has 0 spiro atoms. The number of nitrogens with zero attached hydrogens (tertiary/aromatic N) is 3. The number of amides is 1. The van der Waals surface area contributed by atoms with Crippen LogP contribution >= 0.6 is 24.0 Å². The average Bonchev–Trinajstić information content (AvgIpc) is 3.01. The van der Waals surface area contributed by atoms with Crippen LogP contribution in [0.5, 0.6) is 0 Å². The summed E-state index contributed by atoms with van der Waals surface area (Å²) in [7, 11) is 0. The number of ether oxygens (including phenoxy) is 1. The molecule has 1 aliphatic heterocycles. The van der Waals surface area contributed by atoms with Gasteiger partial charge in [0.2, 0.25) is 0 Å². The fraction of sp³-hybridized carbons (Fsp3) is 0.429. The van der Waals surface area contributed by atoms with Crippen LogP contribution < -0.4 is 10.9 Å². The largest absolute Gasteiger partial charge is 0.396 e. The van der Waals surface area contributed by atoms with Crippen LogP contribution in [-0.2, 0) is 9.53 Å². The number of rotatable bonds is 10. The lowest BCUT2D eigenvalue weighted by molar-refractivity contribution is -0.122. The van der Waals surface area contributed by atoms with Crippen LogP contribution in [0.2, 0.25) is 0 Å². The van der Waals surface area contributed by atoms with Gasteiger partial charge in [0, 0.05) is 39.1 Å². The zero-order valence-corrected chi connectivity index (χ0v) is 19.2. The van der Waals surface area contributed by atoms with E-state index in [1.165, 1.54) is 16.2 Å². The second-order valence-electron chi connectivity index (χ2n) is 7.00. The molecule has 0 saturated carbocycles. The first kappa shape index (κ1) is 23.4. The molecule has 31 heavy (non-hydrogen) atoms. The number of nitrogens with one attached hydrogen (secondary N) is 1. The standard InChI is InChI=1S/C21H26N4O4S2/c1-3-29-11-5-9-24-20(28)16(31-21(24)30)12-15-18(22-8-4-10-26)23-17-7-6-14(2)13-25(17)19(15)27/h6-7,12-13,22,26H,3-5,8-11H2,1-2H3/b16-12-. The molecule has 166 valence electrons. The molecule has 3 heterocycles. The molecule has 1 amide bonds. The summed E-state index contributed by atoms with van der Waals surface area (Å²) in [6.45, 7) is 5.94. The molecule has 2 aromatic heterocycles. The van der Waals surface area contributed by atoms with E-state index >= 15 is 0 Å². The van der Waals surface area contributed by atoms with Gasteiger partial charge in [0.1, 0.15) is 15.8 Å². The topological polar surface area (TPSA) is 96.2 Å². The van der Waals surface area contributed by atoms with Crippen LogP contribution in [0.15, 0.2) is 28.0 Å². The van der Waals surface area contributed by atoms with E-state index < -0.39 is 0 Å². The number of aromatic nitrogens is 2. The number of carbonyl (C=O) groups is 1. The minimum atomic E-state index is -0.276. The van der Waals surface area contributed by atoms with Gasteiger partial charge in [0.15, 0.2) is 0 Å². The van der Waals surface area contributed by atoms with E-state index in [2.05, 4.69) is 10.3 Å². The number of hydrogen-bond acceptors (Lipinski definition) is 8. The van der Waals surface area contributed by atoms with Gasteiger partial charge in [-0.1, -0.05) is 30.0 Å². The van der Waals surface area contributed by atoms with Gasteiger partial charge < -0.3 is 15.2 Å². The Hall–Kier alpha value is -2.27. The summed E-state index contributed by atoms with van der Waals surface area (Å²) >= 11 is 6.56. The fourth-order valence-corrected chi connectivity index (χ4v) is 4.39. The summed E-state index contributed by atoms with van der Waals surface area (Å²) in [6.07, 6.45) is 4.48. The SMILES string of the molecule is CCOCCCN1C(=O)/C(=C/c2c(NCCCO)nc3ccc(C)cn3c2=O)SC1=S. The zero-order chi connectivity index (χ0) is 22.4. The predicted molar refractivity (Wildman–Crippen MR) is 127 cm³/mol. The molecule has 0 atom stereocenters. The van der Waals surface area contributed by atoms with Gasteiger partial charge in [0.05, 0.1) is 10.5 Å². The van der Waals surface area contributed by atoms with Crippen molar-refractivity contribution in [2.45, 2.75) is 26.7 Å². The van der Waals surface area contributed by atoms with Crippen LogP contribution in [0.1, 0.15) is 30.9 Å². The van der Waals surface area contributed by atoms with Crippen LogP contribution in [0.3, 0.4) is 0 Å². The highest BCUT2D eigenvalue weighted by Gasteiger charge is 2.32. The maximum absolute atomic E-state index is 13.2. The summed E-state index contributed by atoms with van der Waals surface area (Å²) in [5, 5.41) is 12.2. The maximum Gasteiger partial charge on any atom is 0.267 e. The van der Waals surface area contributed by atoms with Gasteiger partial charge >= 0.3 is 0 Å². The minimum absolute atomic E-state index is 0.0223. The number of thiocarbonyl (C=S) groups is 1. The van der Waals surface area contributed by atoms with Gasteiger partial charge in [-0.2, -0.15) is 0 Å². The van der Waals surface area contributed by atoms with E-state index in [4.69, 9.17) is 22.1 Å². The fourth-order valence-electron chi connectivity index (χ4n) is 3.10. The van der Waals surface area contributed by atoms with E-state index in [9.17, 15) is 9.59 Å². The highest BCUT2D eigenvalue weighted by molar-refractivity contribution is 8.26. The number of carbonyl (C=O) groups excluding carboxylic acids is 1. The quantitative estimate of drug-likeness (QED) is 0.316. The number of hydrogen-bond donors (Lipinski definition) is 2. The second kappa shape index (κ2) is 10.9. The lowest BCUT2D eigenvalue weighted by Gasteiger charge is -2.14. The molecule has 0 radical (unpaired) electrons. The van der Waals surface area contributed by atoms with E-state index in [0.29, 0.717) is 59.8 Å².